The molecule has 2 heterocycles. The Balaban J connectivity index is 1.53. The highest BCUT2D eigenvalue weighted by molar-refractivity contribution is 5.86. The number of piperidine rings is 1. The number of phenols is 1. The number of hydrogen-bond acceptors (Lipinski definition) is 8. The van der Waals surface area contributed by atoms with E-state index in [1.54, 1.807) is 12.1 Å². The van der Waals surface area contributed by atoms with Crippen molar-refractivity contribution in [3.63, 3.8) is 0 Å². The third-order valence-corrected chi connectivity index (χ3v) is 7.66. The van der Waals surface area contributed by atoms with Crippen molar-refractivity contribution >= 4 is 11.9 Å². The molecule has 1 saturated heterocycles. The number of phenolic OH excluding ortho intramolecular Hbond substituents is 1. The number of aromatic hydroxyl groups is 1. The predicted molar refractivity (Wildman–Crippen MR) is 112 cm³/mol. The molecule has 0 aromatic heterocycles. The van der Waals surface area contributed by atoms with E-state index in [4.69, 9.17) is 9.47 Å². The summed E-state index contributed by atoms with van der Waals surface area (Å²) in [6, 6.07) is 2.36. The van der Waals surface area contributed by atoms with Gasteiger partial charge in [0.2, 0.25) is 5.91 Å². The third-order valence-electron chi connectivity index (χ3n) is 7.66. The van der Waals surface area contributed by atoms with E-state index >= 15 is 0 Å². The van der Waals surface area contributed by atoms with Gasteiger partial charge < -0.3 is 35.0 Å². The first kappa shape index (κ1) is 21.2. The maximum absolute atomic E-state index is 12.7. The molecule has 1 spiro atoms. The fourth-order valence-electron chi connectivity index (χ4n) is 6.03. The summed E-state index contributed by atoms with van der Waals surface area (Å²) in [5, 5.41) is 34.4. The molecule has 2 aliphatic heterocycles. The van der Waals surface area contributed by atoms with Gasteiger partial charge in [0.25, 0.3) is 0 Å². The number of esters is 1. The monoisotopic (exact) mass is 444 g/mol. The normalized spacial score (nSPS) is 34.0. The number of likely N-dealkylation sites (N-methyl/N-ethyl adjacent to an activating group) is 1. The van der Waals surface area contributed by atoms with Gasteiger partial charge in [0.15, 0.2) is 17.6 Å². The minimum absolute atomic E-state index is 0.00417. The summed E-state index contributed by atoms with van der Waals surface area (Å²) in [4.78, 5) is 26.6. The molecular weight excluding hydrogens is 416 g/mol. The highest BCUT2D eigenvalue weighted by Gasteiger charge is 2.72. The molecule has 1 amide bonds. The van der Waals surface area contributed by atoms with Crippen molar-refractivity contribution in [1.29, 1.82) is 0 Å². The number of nitrogens with one attached hydrogen (secondary N) is 1. The number of likely N-dealkylation sites (tertiary alicyclic amines) is 1. The van der Waals surface area contributed by atoms with Crippen LogP contribution >= 0.6 is 0 Å². The highest BCUT2D eigenvalue weighted by atomic mass is 16.6. The molecule has 32 heavy (non-hydrogen) atoms. The second kappa shape index (κ2) is 6.94. The molecule has 1 aromatic rings. The van der Waals surface area contributed by atoms with Crippen LogP contribution in [-0.2, 0) is 26.2 Å². The van der Waals surface area contributed by atoms with Crippen LogP contribution in [-0.4, -0.2) is 75.6 Å². The lowest BCUT2D eigenvalue weighted by Crippen LogP contribution is -2.74. The first-order valence-corrected chi connectivity index (χ1v) is 10.9. The largest absolute Gasteiger partial charge is 0.504 e. The number of carbonyl (C=O) groups is 2. The number of benzene rings is 1. The maximum Gasteiger partial charge on any atom is 0.333 e. The first-order valence-electron chi connectivity index (χ1n) is 10.9. The molecule has 5 rings (SSSR count). The summed E-state index contributed by atoms with van der Waals surface area (Å²) < 4.78 is 11.9. The molecule has 9 heteroatoms. The Morgan fingerprint density at radius 1 is 1.34 bits per heavy atom. The van der Waals surface area contributed by atoms with Crippen LogP contribution in [0.15, 0.2) is 24.0 Å². The van der Waals surface area contributed by atoms with Gasteiger partial charge in [0.05, 0.1) is 11.0 Å². The fraction of sp³-hybridized carbons (Fsp3) is 0.565. The quantitative estimate of drug-likeness (QED) is 0.482. The Morgan fingerprint density at radius 3 is 2.81 bits per heavy atom. The van der Waals surface area contributed by atoms with Crippen molar-refractivity contribution in [2.75, 3.05) is 13.6 Å². The molecule has 1 unspecified atom stereocenters. The second-order valence-corrected chi connectivity index (χ2v) is 9.43. The Kier molecular flexibility index (Phi) is 4.60. The van der Waals surface area contributed by atoms with E-state index in [0.717, 1.165) is 17.7 Å². The number of amides is 1. The molecule has 0 saturated carbocycles. The van der Waals surface area contributed by atoms with Gasteiger partial charge in [-0.05, 0) is 58.0 Å². The SMILES string of the molecule is C[C@H](O)C(=O)N[C@@H](C)C(=O)OC1=CC[C@@]2(O)[C@H]3Cc4ccc(O)c5c4C2(CCN3C)[C@H]1O5. The summed E-state index contributed by atoms with van der Waals surface area (Å²) >= 11 is 0. The van der Waals surface area contributed by atoms with E-state index in [-0.39, 0.29) is 24.0 Å². The summed E-state index contributed by atoms with van der Waals surface area (Å²) in [7, 11) is 2.00. The Labute approximate surface area is 185 Å². The lowest BCUT2D eigenvalue weighted by molar-refractivity contribution is -0.170. The number of nitrogens with zero attached hydrogens (tertiary/aromatic N) is 1. The Morgan fingerprint density at radius 2 is 2.09 bits per heavy atom. The molecule has 9 nitrogen and oxygen atoms in total. The average molecular weight is 444 g/mol. The molecule has 1 fully saturated rings. The van der Waals surface area contributed by atoms with Gasteiger partial charge in [-0.15, -0.1) is 0 Å². The molecule has 2 aliphatic carbocycles. The summed E-state index contributed by atoms with van der Waals surface area (Å²) in [6.07, 6.45) is 1.15. The zero-order valence-corrected chi connectivity index (χ0v) is 18.3. The van der Waals surface area contributed by atoms with Crippen LogP contribution in [0.5, 0.6) is 11.5 Å². The molecule has 6 atom stereocenters. The fourth-order valence-corrected chi connectivity index (χ4v) is 6.03. The van der Waals surface area contributed by atoms with Crippen molar-refractivity contribution in [2.45, 2.75) is 68.4 Å². The van der Waals surface area contributed by atoms with Crippen LogP contribution in [0.25, 0.3) is 0 Å². The van der Waals surface area contributed by atoms with E-state index in [2.05, 4.69) is 10.2 Å². The second-order valence-electron chi connectivity index (χ2n) is 9.43. The molecule has 4 aliphatic rings. The van der Waals surface area contributed by atoms with Gasteiger partial charge in [-0.3, -0.25) is 4.79 Å². The lowest BCUT2D eigenvalue weighted by atomic mass is 9.50. The van der Waals surface area contributed by atoms with Gasteiger partial charge in [0.1, 0.15) is 17.9 Å². The smallest absolute Gasteiger partial charge is 0.333 e. The van der Waals surface area contributed by atoms with Crippen LogP contribution in [0.4, 0.5) is 0 Å². The Hall–Kier alpha value is -2.62. The van der Waals surface area contributed by atoms with Crippen molar-refractivity contribution < 1.29 is 34.4 Å². The first-order chi connectivity index (χ1) is 15.1. The van der Waals surface area contributed by atoms with E-state index in [1.807, 2.05) is 13.1 Å². The molecule has 1 aromatic carbocycles. The van der Waals surface area contributed by atoms with Crippen LogP contribution in [0.3, 0.4) is 0 Å². The molecule has 172 valence electrons. The molecular formula is C23H28N2O7. The zero-order chi connectivity index (χ0) is 23.0. The summed E-state index contributed by atoms with van der Waals surface area (Å²) in [5.74, 6) is -0.769. The van der Waals surface area contributed by atoms with E-state index < -0.39 is 41.1 Å². The van der Waals surface area contributed by atoms with E-state index in [9.17, 15) is 24.9 Å². The Bertz CT molecular complexity index is 1040. The van der Waals surface area contributed by atoms with Crippen LogP contribution in [0.1, 0.15) is 37.8 Å². The topological polar surface area (TPSA) is 129 Å². The van der Waals surface area contributed by atoms with E-state index in [1.165, 1.54) is 13.8 Å². The standard InChI is InChI=1S/C23H28N2O7/c1-11(24-20(28)12(2)26)21(29)31-15-6-7-23(30)16-10-13-4-5-14(27)18-17(13)22(23,19(15)32-18)8-9-25(16)3/h4-6,11-12,16,19,26-27,30H,7-10H2,1-3H3,(H,24,28)/t11-,12-,16+,19-,22?,23+/m0/s1. The molecule has 2 bridgehead atoms. The lowest BCUT2D eigenvalue weighted by Gasteiger charge is -2.61. The summed E-state index contributed by atoms with van der Waals surface area (Å²) in [5.41, 5.74) is -0.153. The van der Waals surface area contributed by atoms with Crippen molar-refractivity contribution in [2.24, 2.45) is 0 Å². The van der Waals surface area contributed by atoms with Crippen molar-refractivity contribution in [3.8, 4) is 11.5 Å². The predicted octanol–water partition coefficient (Wildman–Crippen LogP) is 0.0986. The molecule has 0 radical (unpaired) electrons. The van der Waals surface area contributed by atoms with Crippen molar-refractivity contribution in [1.82, 2.24) is 10.2 Å². The minimum Gasteiger partial charge on any atom is -0.504 e. The number of aliphatic hydroxyl groups is 2. The average Bonchev–Trinajstić information content (AvgIpc) is 3.10. The zero-order valence-electron chi connectivity index (χ0n) is 18.3. The number of hydrogen-bond donors (Lipinski definition) is 4. The van der Waals surface area contributed by atoms with Crippen LogP contribution in [0.2, 0.25) is 0 Å². The van der Waals surface area contributed by atoms with Gasteiger partial charge >= 0.3 is 5.97 Å². The highest BCUT2D eigenvalue weighted by Crippen LogP contribution is 2.65. The third kappa shape index (κ3) is 2.61. The van der Waals surface area contributed by atoms with Crippen LogP contribution in [0, 0.1) is 0 Å². The van der Waals surface area contributed by atoms with E-state index in [0.29, 0.717) is 18.6 Å². The maximum atomic E-state index is 12.7. The molecule has 4 N–H and O–H groups in total. The van der Waals surface area contributed by atoms with Gasteiger partial charge in [-0.25, -0.2) is 4.79 Å². The minimum atomic E-state index is -1.25. The van der Waals surface area contributed by atoms with Gasteiger partial charge in [0, 0.05) is 18.0 Å². The van der Waals surface area contributed by atoms with Crippen LogP contribution < -0.4 is 10.1 Å². The van der Waals surface area contributed by atoms with Crippen molar-refractivity contribution in [3.05, 3.63) is 35.1 Å². The summed E-state index contributed by atoms with van der Waals surface area (Å²) in [6.45, 7) is 3.51. The van der Waals surface area contributed by atoms with Gasteiger partial charge in [-0.2, -0.15) is 0 Å². The number of ether oxygens (including phenoxy) is 2. The number of aliphatic hydroxyl groups excluding tert-OH is 1. The van der Waals surface area contributed by atoms with Gasteiger partial charge in [-0.1, -0.05) is 6.07 Å². The number of carbonyl (C=O) groups excluding carboxylic acids is 2. The number of rotatable bonds is 4.